The molecule has 0 aliphatic carbocycles. The van der Waals surface area contributed by atoms with Crippen molar-refractivity contribution in [3.63, 3.8) is 0 Å². The molecule has 0 saturated heterocycles. The summed E-state index contributed by atoms with van der Waals surface area (Å²) in [5, 5.41) is 1.99. The minimum absolute atomic E-state index is 0.0464. The number of thiophene rings is 1. The number of rotatable bonds is 7. The Morgan fingerprint density at radius 1 is 1.08 bits per heavy atom. The Kier molecular flexibility index (Phi) is 6.02. The van der Waals surface area contributed by atoms with Crippen LogP contribution in [0, 0.1) is 5.82 Å². The molecule has 0 N–H and O–H groups in total. The second-order valence-electron chi connectivity index (χ2n) is 5.95. The van der Waals surface area contributed by atoms with Crippen molar-refractivity contribution in [3.8, 4) is 5.75 Å². The molecule has 0 atom stereocenters. The SMILES string of the molecule is COc1ccccc1CN(Cc1cccs1)C(=O)Cc1cccc(F)c1. The molecule has 1 amide bonds. The van der Waals surface area contributed by atoms with E-state index in [1.807, 2.05) is 41.8 Å². The number of carbonyl (C=O) groups is 1. The zero-order chi connectivity index (χ0) is 18.4. The number of halogens is 1. The average molecular weight is 369 g/mol. The Morgan fingerprint density at radius 2 is 1.92 bits per heavy atom. The fourth-order valence-corrected chi connectivity index (χ4v) is 3.51. The molecule has 3 rings (SSSR count). The van der Waals surface area contributed by atoms with E-state index < -0.39 is 0 Å². The number of methoxy groups -OCH3 is 1. The lowest BCUT2D eigenvalue weighted by molar-refractivity contribution is -0.131. The minimum Gasteiger partial charge on any atom is -0.496 e. The van der Waals surface area contributed by atoms with E-state index in [0.717, 1.165) is 16.2 Å². The molecule has 0 saturated carbocycles. The Labute approximate surface area is 156 Å². The lowest BCUT2D eigenvalue weighted by atomic mass is 10.1. The molecule has 0 aliphatic rings. The van der Waals surface area contributed by atoms with Gasteiger partial charge >= 0.3 is 0 Å². The van der Waals surface area contributed by atoms with Gasteiger partial charge in [-0.15, -0.1) is 11.3 Å². The highest BCUT2D eigenvalue weighted by Crippen LogP contribution is 2.22. The van der Waals surface area contributed by atoms with Crippen molar-refractivity contribution in [3.05, 3.63) is 87.9 Å². The highest BCUT2D eigenvalue weighted by atomic mass is 32.1. The monoisotopic (exact) mass is 369 g/mol. The largest absolute Gasteiger partial charge is 0.496 e. The topological polar surface area (TPSA) is 29.5 Å². The van der Waals surface area contributed by atoms with Crippen molar-refractivity contribution in [2.45, 2.75) is 19.5 Å². The van der Waals surface area contributed by atoms with Crippen LogP contribution in [-0.4, -0.2) is 17.9 Å². The van der Waals surface area contributed by atoms with Gasteiger partial charge in [0.1, 0.15) is 11.6 Å². The molecule has 26 heavy (non-hydrogen) atoms. The van der Waals surface area contributed by atoms with Gasteiger partial charge < -0.3 is 9.64 Å². The Balaban J connectivity index is 1.81. The van der Waals surface area contributed by atoms with Gasteiger partial charge in [-0.25, -0.2) is 4.39 Å². The van der Waals surface area contributed by atoms with E-state index in [9.17, 15) is 9.18 Å². The molecule has 3 nitrogen and oxygen atoms in total. The van der Waals surface area contributed by atoms with E-state index in [-0.39, 0.29) is 18.1 Å². The summed E-state index contributed by atoms with van der Waals surface area (Å²) in [6, 6.07) is 17.8. The summed E-state index contributed by atoms with van der Waals surface area (Å²) >= 11 is 1.61. The molecule has 2 aromatic carbocycles. The Bertz CT molecular complexity index is 864. The first-order valence-corrected chi connectivity index (χ1v) is 9.20. The van der Waals surface area contributed by atoms with Gasteiger partial charge in [0, 0.05) is 17.0 Å². The lowest BCUT2D eigenvalue weighted by Crippen LogP contribution is -2.31. The Hall–Kier alpha value is -2.66. The normalized spacial score (nSPS) is 10.5. The predicted octanol–water partition coefficient (Wildman–Crippen LogP) is 4.67. The van der Waals surface area contributed by atoms with Crippen LogP contribution in [0.3, 0.4) is 0 Å². The molecular weight excluding hydrogens is 349 g/mol. The molecular formula is C21H20FNO2S. The molecule has 0 unspecified atom stereocenters. The molecule has 1 aromatic heterocycles. The van der Waals surface area contributed by atoms with E-state index in [2.05, 4.69) is 0 Å². The summed E-state index contributed by atoms with van der Waals surface area (Å²) < 4.78 is 18.8. The molecule has 0 spiro atoms. The average Bonchev–Trinajstić information content (AvgIpc) is 3.15. The van der Waals surface area contributed by atoms with E-state index in [1.165, 1.54) is 12.1 Å². The second kappa shape index (κ2) is 8.63. The van der Waals surface area contributed by atoms with Gasteiger partial charge in [-0.05, 0) is 35.2 Å². The molecule has 5 heteroatoms. The van der Waals surface area contributed by atoms with Crippen LogP contribution in [0.4, 0.5) is 4.39 Å². The van der Waals surface area contributed by atoms with Gasteiger partial charge in [0.25, 0.3) is 0 Å². The quantitative estimate of drug-likeness (QED) is 0.606. The highest BCUT2D eigenvalue weighted by molar-refractivity contribution is 7.09. The minimum atomic E-state index is -0.329. The standard InChI is InChI=1S/C21H20FNO2S/c1-25-20-10-3-2-7-17(20)14-23(15-19-9-5-11-26-19)21(24)13-16-6-4-8-18(22)12-16/h2-12H,13-15H2,1H3. The summed E-state index contributed by atoms with van der Waals surface area (Å²) in [5.74, 6) is 0.377. The summed E-state index contributed by atoms with van der Waals surface area (Å²) in [7, 11) is 1.62. The molecule has 0 radical (unpaired) electrons. The fourth-order valence-electron chi connectivity index (χ4n) is 2.80. The number of ether oxygens (including phenoxy) is 1. The second-order valence-corrected chi connectivity index (χ2v) is 6.98. The smallest absolute Gasteiger partial charge is 0.227 e. The van der Waals surface area contributed by atoms with Crippen molar-refractivity contribution in [2.75, 3.05) is 7.11 Å². The van der Waals surface area contributed by atoms with Crippen molar-refractivity contribution < 1.29 is 13.9 Å². The first-order chi connectivity index (χ1) is 12.7. The van der Waals surface area contributed by atoms with Crippen LogP contribution in [-0.2, 0) is 24.3 Å². The van der Waals surface area contributed by atoms with Crippen LogP contribution in [0.5, 0.6) is 5.75 Å². The van der Waals surface area contributed by atoms with Crippen LogP contribution in [0.1, 0.15) is 16.0 Å². The number of hydrogen-bond acceptors (Lipinski definition) is 3. The van der Waals surface area contributed by atoms with Gasteiger partial charge in [0.05, 0.1) is 20.1 Å². The van der Waals surface area contributed by atoms with Crippen LogP contribution >= 0.6 is 11.3 Å². The molecule has 0 fully saturated rings. The van der Waals surface area contributed by atoms with Gasteiger partial charge in [0.2, 0.25) is 5.91 Å². The summed E-state index contributed by atoms with van der Waals surface area (Å²) in [5.41, 5.74) is 1.62. The third-order valence-corrected chi connectivity index (χ3v) is 4.94. The summed E-state index contributed by atoms with van der Waals surface area (Å²) in [4.78, 5) is 15.8. The maximum atomic E-state index is 13.4. The van der Waals surface area contributed by atoms with Gasteiger partial charge in [-0.2, -0.15) is 0 Å². The maximum absolute atomic E-state index is 13.4. The molecule has 3 aromatic rings. The summed E-state index contributed by atoms with van der Waals surface area (Å²) in [6.07, 6.45) is 0.165. The first-order valence-electron chi connectivity index (χ1n) is 8.32. The number of nitrogens with zero attached hydrogens (tertiary/aromatic N) is 1. The lowest BCUT2D eigenvalue weighted by Gasteiger charge is -2.23. The molecule has 0 bridgehead atoms. The van der Waals surface area contributed by atoms with Gasteiger partial charge in [-0.3, -0.25) is 4.79 Å². The van der Waals surface area contributed by atoms with Crippen molar-refractivity contribution in [1.82, 2.24) is 4.90 Å². The molecule has 0 aliphatic heterocycles. The van der Waals surface area contributed by atoms with Crippen LogP contribution < -0.4 is 4.74 Å². The first kappa shape index (κ1) is 18.1. The number of amides is 1. The van der Waals surface area contributed by atoms with Gasteiger partial charge in [0.15, 0.2) is 0 Å². The van der Waals surface area contributed by atoms with Crippen LogP contribution in [0.15, 0.2) is 66.0 Å². The van der Waals surface area contributed by atoms with Crippen LogP contribution in [0.25, 0.3) is 0 Å². The molecule has 134 valence electrons. The predicted molar refractivity (Wildman–Crippen MR) is 102 cm³/mol. The summed E-state index contributed by atoms with van der Waals surface area (Å²) in [6.45, 7) is 0.958. The molecule has 1 heterocycles. The zero-order valence-corrected chi connectivity index (χ0v) is 15.3. The Morgan fingerprint density at radius 3 is 2.65 bits per heavy atom. The van der Waals surface area contributed by atoms with Crippen molar-refractivity contribution in [1.29, 1.82) is 0 Å². The number of hydrogen-bond donors (Lipinski definition) is 0. The third kappa shape index (κ3) is 4.70. The van der Waals surface area contributed by atoms with E-state index >= 15 is 0 Å². The van der Waals surface area contributed by atoms with Gasteiger partial charge in [-0.1, -0.05) is 36.4 Å². The van der Waals surface area contributed by atoms with E-state index in [0.29, 0.717) is 18.7 Å². The third-order valence-electron chi connectivity index (χ3n) is 4.08. The van der Waals surface area contributed by atoms with Crippen molar-refractivity contribution in [2.24, 2.45) is 0 Å². The van der Waals surface area contributed by atoms with Crippen molar-refractivity contribution >= 4 is 17.2 Å². The van der Waals surface area contributed by atoms with Crippen LogP contribution in [0.2, 0.25) is 0 Å². The van der Waals surface area contributed by atoms with E-state index in [4.69, 9.17) is 4.74 Å². The number of carbonyl (C=O) groups excluding carboxylic acids is 1. The van der Waals surface area contributed by atoms with E-state index in [1.54, 1.807) is 35.5 Å². The number of benzene rings is 2. The number of para-hydroxylation sites is 1. The highest BCUT2D eigenvalue weighted by Gasteiger charge is 2.17. The fraction of sp³-hybridized carbons (Fsp3) is 0.190. The maximum Gasteiger partial charge on any atom is 0.227 e. The zero-order valence-electron chi connectivity index (χ0n) is 14.5.